The van der Waals surface area contributed by atoms with Gasteiger partial charge in [-0.15, -0.1) is 0 Å². The summed E-state index contributed by atoms with van der Waals surface area (Å²) in [5.41, 5.74) is 8.87. The molecule has 2 atom stereocenters. The highest BCUT2D eigenvalue weighted by atomic mass is 16.1. The SMILES string of the molecule is C[C@H](Nc1ncnc2[nH]cnc12)c1nc2ccccc2n1C1CCCN(CC(N)=O)C1. The second-order valence-corrected chi connectivity index (χ2v) is 8.01. The van der Waals surface area contributed by atoms with Crippen molar-refractivity contribution < 1.29 is 4.79 Å². The molecular formula is C21H25N9O. The van der Waals surface area contributed by atoms with Gasteiger partial charge < -0.3 is 20.6 Å². The Bertz CT molecular complexity index is 1230. The number of para-hydroxylation sites is 2. The van der Waals surface area contributed by atoms with E-state index in [1.807, 2.05) is 18.2 Å². The molecule has 1 unspecified atom stereocenters. The van der Waals surface area contributed by atoms with Crippen LogP contribution in [0.2, 0.25) is 0 Å². The molecule has 160 valence electrons. The van der Waals surface area contributed by atoms with Crippen molar-refractivity contribution >= 4 is 33.9 Å². The van der Waals surface area contributed by atoms with E-state index in [9.17, 15) is 4.79 Å². The standard InChI is InChI=1S/C21H25N9O/c1-13(27-20-18-19(24-11-23-18)25-12-26-20)21-28-15-6-2-3-7-16(15)30(21)14-5-4-8-29(9-14)10-17(22)31/h2-3,6-7,11-14H,4-5,8-10H2,1H3,(H2,22,31)(H2,23,24,25,26,27)/t13-,14?/m0/s1. The molecule has 31 heavy (non-hydrogen) atoms. The number of carbonyl (C=O) groups excluding carboxylic acids is 1. The Morgan fingerprint density at radius 3 is 3.06 bits per heavy atom. The Labute approximate surface area is 178 Å². The summed E-state index contributed by atoms with van der Waals surface area (Å²) >= 11 is 0. The maximum atomic E-state index is 11.5. The van der Waals surface area contributed by atoms with E-state index in [0.717, 1.165) is 42.8 Å². The van der Waals surface area contributed by atoms with E-state index in [1.54, 1.807) is 6.33 Å². The first-order chi connectivity index (χ1) is 15.1. The van der Waals surface area contributed by atoms with Gasteiger partial charge in [0.2, 0.25) is 5.91 Å². The molecule has 1 saturated heterocycles. The van der Waals surface area contributed by atoms with Crippen LogP contribution in [0.25, 0.3) is 22.2 Å². The molecule has 10 nitrogen and oxygen atoms in total. The molecule has 0 saturated carbocycles. The molecule has 1 aliphatic rings. The molecule has 10 heteroatoms. The summed E-state index contributed by atoms with van der Waals surface area (Å²) in [7, 11) is 0. The molecule has 0 aliphatic carbocycles. The van der Waals surface area contributed by atoms with Gasteiger partial charge in [0.25, 0.3) is 0 Å². The molecule has 0 bridgehead atoms. The van der Waals surface area contributed by atoms with Gasteiger partial charge in [-0.2, -0.15) is 0 Å². The van der Waals surface area contributed by atoms with E-state index in [0.29, 0.717) is 17.0 Å². The Hall–Kier alpha value is -3.53. The van der Waals surface area contributed by atoms with Gasteiger partial charge >= 0.3 is 0 Å². The van der Waals surface area contributed by atoms with Crippen molar-refractivity contribution in [3.8, 4) is 0 Å². The number of H-pyrrole nitrogens is 1. The molecule has 4 aromatic rings. The number of aromatic amines is 1. The third-order valence-electron chi connectivity index (χ3n) is 5.81. The highest BCUT2D eigenvalue weighted by Crippen LogP contribution is 2.31. The molecule has 1 aromatic carbocycles. The molecule has 0 radical (unpaired) electrons. The number of rotatable bonds is 6. The highest BCUT2D eigenvalue weighted by molar-refractivity contribution is 5.82. The first-order valence-electron chi connectivity index (χ1n) is 10.5. The number of imidazole rings is 2. The number of hydrogen-bond acceptors (Lipinski definition) is 7. The number of aromatic nitrogens is 6. The number of carbonyl (C=O) groups is 1. The van der Waals surface area contributed by atoms with Crippen LogP contribution in [0.1, 0.15) is 37.7 Å². The second-order valence-electron chi connectivity index (χ2n) is 8.01. The third kappa shape index (κ3) is 3.70. The van der Waals surface area contributed by atoms with Gasteiger partial charge in [0, 0.05) is 12.6 Å². The van der Waals surface area contributed by atoms with Gasteiger partial charge in [-0.3, -0.25) is 9.69 Å². The van der Waals surface area contributed by atoms with E-state index in [1.165, 1.54) is 6.33 Å². The minimum atomic E-state index is -0.293. The van der Waals surface area contributed by atoms with E-state index < -0.39 is 0 Å². The maximum Gasteiger partial charge on any atom is 0.231 e. The monoisotopic (exact) mass is 419 g/mol. The molecule has 1 fully saturated rings. The third-order valence-corrected chi connectivity index (χ3v) is 5.81. The minimum Gasteiger partial charge on any atom is -0.369 e. The summed E-state index contributed by atoms with van der Waals surface area (Å²) in [5, 5.41) is 3.47. The van der Waals surface area contributed by atoms with Crippen molar-refractivity contribution in [2.24, 2.45) is 5.73 Å². The molecule has 1 amide bonds. The number of benzene rings is 1. The lowest BCUT2D eigenvalue weighted by atomic mass is 10.0. The van der Waals surface area contributed by atoms with Crippen LogP contribution in [0, 0.1) is 0 Å². The highest BCUT2D eigenvalue weighted by Gasteiger charge is 2.28. The number of nitrogens with zero attached hydrogens (tertiary/aromatic N) is 6. The first kappa shape index (κ1) is 19.4. The number of hydrogen-bond donors (Lipinski definition) is 3. The second kappa shape index (κ2) is 7.95. The normalized spacial score (nSPS) is 18.4. The molecule has 3 aromatic heterocycles. The molecule has 0 spiro atoms. The van der Waals surface area contributed by atoms with Crippen LogP contribution in [-0.2, 0) is 4.79 Å². The van der Waals surface area contributed by atoms with E-state index in [4.69, 9.17) is 10.7 Å². The number of amides is 1. The lowest BCUT2D eigenvalue weighted by Gasteiger charge is -2.34. The first-order valence-corrected chi connectivity index (χ1v) is 10.5. The van der Waals surface area contributed by atoms with Crippen LogP contribution in [0.5, 0.6) is 0 Å². The number of primary amides is 1. The number of piperidine rings is 1. The molecule has 1 aliphatic heterocycles. The van der Waals surface area contributed by atoms with Gasteiger partial charge in [-0.25, -0.2) is 19.9 Å². The van der Waals surface area contributed by atoms with E-state index in [2.05, 4.69) is 47.7 Å². The van der Waals surface area contributed by atoms with Gasteiger partial charge in [0.05, 0.1) is 29.9 Å². The smallest absolute Gasteiger partial charge is 0.231 e. The van der Waals surface area contributed by atoms with Crippen LogP contribution in [0.3, 0.4) is 0 Å². The minimum absolute atomic E-state index is 0.117. The summed E-state index contributed by atoms with van der Waals surface area (Å²) in [5.74, 6) is 1.30. The Balaban J connectivity index is 1.51. The fourth-order valence-electron chi connectivity index (χ4n) is 4.50. The quantitative estimate of drug-likeness (QED) is 0.436. The number of nitrogens with one attached hydrogen (secondary N) is 2. The van der Waals surface area contributed by atoms with Crippen molar-refractivity contribution in [1.29, 1.82) is 0 Å². The predicted octanol–water partition coefficient (Wildman–Crippen LogP) is 2.00. The van der Waals surface area contributed by atoms with Crippen LogP contribution in [0.15, 0.2) is 36.9 Å². The Kier molecular flexibility index (Phi) is 4.99. The zero-order valence-corrected chi connectivity index (χ0v) is 17.3. The summed E-state index contributed by atoms with van der Waals surface area (Å²) in [4.78, 5) is 34.5. The zero-order valence-electron chi connectivity index (χ0n) is 17.3. The van der Waals surface area contributed by atoms with Crippen LogP contribution in [0.4, 0.5) is 5.82 Å². The molecule has 5 rings (SSSR count). The number of fused-ring (bicyclic) bond motifs is 2. The molecule has 4 heterocycles. The lowest BCUT2D eigenvalue weighted by Crippen LogP contribution is -2.41. The van der Waals surface area contributed by atoms with Crippen molar-refractivity contribution in [2.75, 3.05) is 25.0 Å². The summed E-state index contributed by atoms with van der Waals surface area (Å²) in [6.45, 7) is 4.00. The van der Waals surface area contributed by atoms with Crippen LogP contribution < -0.4 is 11.1 Å². The average molecular weight is 419 g/mol. The van der Waals surface area contributed by atoms with Gasteiger partial charge in [0.15, 0.2) is 11.5 Å². The summed E-state index contributed by atoms with van der Waals surface area (Å²) in [6.07, 6.45) is 5.15. The summed E-state index contributed by atoms with van der Waals surface area (Å²) in [6, 6.07) is 8.25. The van der Waals surface area contributed by atoms with Gasteiger partial charge in [0.1, 0.15) is 17.7 Å². The predicted molar refractivity (Wildman–Crippen MR) is 117 cm³/mol. The number of likely N-dealkylation sites (tertiary alicyclic amines) is 1. The fraction of sp³-hybridized carbons (Fsp3) is 0.381. The van der Waals surface area contributed by atoms with Crippen molar-refractivity contribution in [1.82, 2.24) is 34.4 Å². The van der Waals surface area contributed by atoms with Gasteiger partial charge in [-0.05, 0) is 38.4 Å². The van der Waals surface area contributed by atoms with Crippen molar-refractivity contribution in [2.45, 2.75) is 31.8 Å². The topological polar surface area (TPSA) is 131 Å². The maximum absolute atomic E-state index is 11.5. The Morgan fingerprint density at radius 2 is 2.19 bits per heavy atom. The largest absolute Gasteiger partial charge is 0.369 e. The fourth-order valence-corrected chi connectivity index (χ4v) is 4.50. The number of anilines is 1. The van der Waals surface area contributed by atoms with E-state index >= 15 is 0 Å². The van der Waals surface area contributed by atoms with Crippen molar-refractivity contribution in [3.63, 3.8) is 0 Å². The molecular weight excluding hydrogens is 394 g/mol. The van der Waals surface area contributed by atoms with E-state index in [-0.39, 0.29) is 24.5 Å². The average Bonchev–Trinajstić information content (AvgIpc) is 3.39. The summed E-state index contributed by atoms with van der Waals surface area (Å²) < 4.78 is 2.31. The lowest BCUT2D eigenvalue weighted by molar-refractivity contribution is -0.119. The van der Waals surface area contributed by atoms with Gasteiger partial charge in [-0.1, -0.05) is 12.1 Å². The van der Waals surface area contributed by atoms with Crippen LogP contribution in [-0.4, -0.2) is 59.9 Å². The molecule has 4 N–H and O–H groups in total. The Morgan fingerprint density at radius 1 is 1.32 bits per heavy atom. The van der Waals surface area contributed by atoms with Crippen molar-refractivity contribution in [3.05, 3.63) is 42.7 Å². The zero-order chi connectivity index (χ0) is 21.4. The number of nitrogens with two attached hydrogens (primary N) is 1. The van der Waals surface area contributed by atoms with Crippen LogP contribution >= 0.6 is 0 Å².